The molecule has 134 valence electrons. The van der Waals surface area contributed by atoms with Crippen LogP contribution >= 0.6 is 22.9 Å². The van der Waals surface area contributed by atoms with Crippen LogP contribution in [-0.2, 0) is 20.1 Å². The number of nitro benzene ring substituents is 1. The third kappa shape index (κ3) is 3.95. The van der Waals surface area contributed by atoms with Crippen LogP contribution in [0.2, 0.25) is 5.02 Å². The van der Waals surface area contributed by atoms with Crippen LogP contribution in [0.5, 0.6) is 0 Å². The van der Waals surface area contributed by atoms with E-state index in [0.29, 0.717) is 13.1 Å². The summed E-state index contributed by atoms with van der Waals surface area (Å²) < 4.78 is 1.92. The second kappa shape index (κ2) is 7.72. The standard InChI is InChI=1S/C18H16ClN3O3S/c1-20-8-2-4-14(20)11-21(12-15-5-3-9-26-15)18(23)16-10-13(19)6-7-17(16)22(24)25/h2-10H,11-12H2,1H3. The molecule has 1 aromatic carbocycles. The predicted molar refractivity (Wildman–Crippen MR) is 101 cm³/mol. The zero-order valence-corrected chi connectivity index (χ0v) is 15.5. The number of amides is 1. The minimum absolute atomic E-state index is 0.00624. The molecular formula is C18H16ClN3O3S. The van der Waals surface area contributed by atoms with Gasteiger partial charge in [0.25, 0.3) is 11.6 Å². The molecule has 0 unspecified atom stereocenters. The van der Waals surface area contributed by atoms with Gasteiger partial charge in [0.1, 0.15) is 5.56 Å². The summed E-state index contributed by atoms with van der Waals surface area (Å²) in [6, 6.07) is 11.7. The largest absolute Gasteiger partial charge is 0.353 e. The number of rotatable bonds is 6. The number of benzene rings is 1. The first-order valence-corrected chi connectivity index (χ1v) is 9.07. The zero-order valence-electron chi connectivity index (χ0n) is 14.0. The maximum Gasteiger partial charge on any atom is 0.282 e. The summed E-state index contributed by atoms with van der Waals surface area (Å²) >= 11 is 7.52. The topological polar surface area (TPSA) is 68.4 Å². The summed E-state index contributed by atoms with van der Waals surface area (Å²) in [6.07, 6.45) is 1.89. The van der Waals surface area contributed by atoms with Crippen LogP contribution in [0, 0.1) is 10.1 Å². The SMILES string of the molecule is Cn1cccc1CN(Cc1cccs1)C(=O)c1cc(Cl)ccc1[N+](=O)[O-]. The number of nitrogens with zero attached hydrogens (tertiary/aromatic N) is 3. The molecular weight excluding hydrogens is 374 g/mol. The van der Waals surface area contributed by atoms with Gasteiger partial charge in [0.2, 0.25) is 0 Å². The van der Waals surface area contributed by atoms with Crippen molar-refractivity contribution in [3.8, 4) is 0 Å². The summed E-state index contributed by atoms with van der Waals surface area (Å²) in [6.45, 7) is 0.704. The quantitative estimate of drug-likeness (QED) is 0.460. The molecule has 0 aliphatic carbocycles. The third-order valence-corrected chi connectivity index (χ3v) is 5.10. The zero-order chi connectivity index (χ0) is 18.7. The van der Waals surface area contributed by atoms with E-state index < -0.39 is 10.8 Å². The molecule has 3 rings (SSSR count). The van der Waals surface area contributed by atoms with Crippen LogP contribution in [-0.4, -0.2) is 20.3 Å². The predicted octanol–water partition coefficient (Wildman–Crippen LogP) is 4.49. The fourth-order valence-electron chi connectivity index (χ4n) is 2.66. The molecule has 0 saturated carbocycles. The van der Waals surface area contributed by atoms with E-state index in [0.717, 1.165) is 10.6 Å². The number of hydrogen-bond donors (Lipinski definition) is 0. The Morgan fingerprint density at radius 3 is 2.69 bits per heavy atom. The van der Waals surface area contributed by atoms with E-state index in [2.05, 4.69) is 0 Å². The van der Waals surface area contributed by atoms with Crippen LogP contribution in [0.1, 0.15) is 20.9 Å². The van der Waals surface area contributed by atoms with Crippen molar-refractivity contribution in [2.45, 2.75) is 13.1 Å². The maximum absolute atomic E-state index is 13.1. The van der Waals surface area contributed by atoms with Crippen molar-refractivity contribution >= 4 is 34.5 Å². The van der Waals surface area contributed by atoms with Gasteiger partial charge in [-0.1, -0.05) is 17.7 Å². The molecule has 6 nitrogen and oxygen atoms in total. The van der Waals surface area contributed by atoms with Crippen LogP contribution in [0.25, 0.3) is 0 Å². The fourth-order valence-corrected chi connectivity index (χ4v) is 3.55. The van der Waals surface area contributed by atoms with Gasteiger partial charge in [0, 0.05) is 34.9 Å². The molecule has 0 aliphatic heterocycles. The van der Waals surface area contributed by atoms with E-state index >= 15 is 0 Å². The Kier molecular flexibility index (Phi) is 5.39. The highest BCUT2D eigenvalue weighted by Crippen LogP contribution is 2.26. The first kappa shape index (κ1) is 18.2. The van der Waals surface area contributed by atoms with Gasteiger partial charge >= 0.3 is 0 Å². The van der Waals surface area contributed by atoms with Crippen LogP contribution in [0.3, 0.4) is 0 Å². The Morgan fingerprint density at radius 1 is 1.27 bits per heavy atom. The Labute approximate surface area is 159 Å². The number of aryl methyl sites for hydroxylation is 1. The Hall–Kier alpha value is -2.64. The Balaban J connectivity index is 1.98. The minimum Gasteiger partial charge on any atom is -0.353 e. The van der Waals surface area contributed by atoms with Crippen molar-refractivity contribution in [1.82, 2.24) is 9.47 Å². The van der Waals surface area contributed by atoms with Gasteiger partial charge in [-0.15, -0.1) is 11.3 Å². The van der Waals surface area contributed by atoms with E-state index in [4.69, 9.17) is 11.6 Å². The van der Waals surface area contributed by atoms with Gasteiger partial charge < -0.3 is 9.47 Å². The minimum atomic E-state index is -0.560. The van der Waals surface area contributed by atoms with Crippen molar-refractivity contribution in [3.63, 3.8) is 0 Å². The van der Waals surface area contributed by atoms with Crippen LogP contribution in [0.15, 0.2) is 54.0 Å². The van der Waals surface area contributed by atoms with Gasteiger partial charge in [0.15, 0.2) is 0 Å². The highest BCUT2D eigenvalue weighted by Gasteiger charge is 2.26. The molecule has 0 spiro atoms. The lowest BCUT2D eigenvalue weighted by molar-refractivity contribution is -0.385. The number of nitro groups is 1. The number of halogens is 1. The molecule has 0 radical (unpaired) electrons. The Bertz CT molecular complexity index is 937. The summed E-state index contributed by atoms with van der Waals surface area (Å²) in [5.74, 6) is -0.422. The number of carbonyl (C=O) groups excluding carboxylic acids is 1. The highest BCUT2D eigenvalue weighted by atomic mass is 35.5. The average Bonchev–Trinajstić information content (AvgIpc) is 3.25. The lowest BCUT2D eigenvalue weighted by Gasteiger charge is -2.22. The van der Waals surface area contributed by atoms with E-state index in [9.17, 15) is 14.9 Å². The average molecular weight is 390 g/mol. The van der Waals surface area contributed by atoms with Gasteiger partial charge in [0.05, 0.1) is 18.0 Å². The van der Waals surface area contributed by atoms with E-state index in [1.807, 2.05) is 47.5 Å². The van der Waals surface area contributed by atoms with Crippen LogP contribution < -0.4 is 0 Å². The lowest BCUT2D eigenvalue weighted by Crippen LogP contribution is -2.31. The maximum atomic E-state index is 13.1. The molecule has 3 aromatic rings. The smallest absolute Gasteiger partial charge is 0.282 e. The van der Waals surface area contributed by atoms with Crippen molar-refractivity contribution < 1.29 is 9.72 Å². The second-order valence-corrected chi connectivity index (χ2v) is 7.24. The molecule has 1 amide bonds. The molecule has 0 saturated heterocycles. The van der Waals surface area contributed by atoms with Crippen molar-refractivity contribution in [2.75, 3.05) is 0 Å². The summed E-state index contributed by atoms with van der Waals surface area (Å²) in [5.41, 5.74) is 0.676. The first-order valence-electron chi connectivity index (χ1n) is 7.81. The first-order chi connectivity index (χ1) is 12.5. The summed E-state index contributed by atoms with van der Waals surface area (Å²) in [7, 11) is 1.89. The molecule has 26 heavy (non-hydrogen) atoms. The van der Waals surface area contributed by atoms with Crippen LogP contribution in [0.4, 0.5) is 5.69 Å². The lowest BCUT2D eigenvalue weighted by atomic mass is 10.1. The number of thiophene rings is 1. The van der Waals surface area contributed by atoms with Gasteiger partial charge in [-0.3, -0.25) is 14.9 Å². The Morgan fingerprint density at radius 2 is 2.08 bits per heavy atom. The molecule has 0 bridgehead atoms. The third-order valence-electron chi connectivity index (χ3n) is 4.00. The molecule has 0 N–H and O–H groups in total. The van der Waals surface area contributed by atoms with E-state index in [1.54, 1.807) is 4.90 Å². The van der Waals surface area contributed by atoms with Gasteiger partial charge in [-0.25, -0.2) is 0 Å². The van der Waals surface area contributed by atoms with Crippen molar-refractivity contribution in [1.29, 1.82) is 0 Å². The fraction of sp³-hybridized carbons (Fsp3) is 0.167. The van der Waals surface area contributed by atoms with Gasteiger partial charge in [-0.05, 0) is 35.7 Å². The normalized spacial score (nSPS) is 10.7. The molecule has 0 fully saturated rings. The molecule has 8 heteroatoms. The number of hydrogen-bond acceptors (Lipinski definition) is 4. The number of aromatic nitrogens is 1. The summed E-state index contributed by atoms with van der Waals surface area (Å²) in [5, 5.41) is 13.6. The second-order valence-electron chi connectivity index (χ2n) is 5.77. The van der Waals surface area contributed by atoms with E-state index in [-0.39, 0.29) is 16.3 Å². The molecule has 2 aromatic heterocycles. The van der Waals surface area contributed by atoms with Crippen molar-refractivity contribution in [3.05, 3.63) is 85.3 Å². The highest BCUT2D eigenvalue weighted by molar-refractivity contribution is 7.09. The molecule has 0 aliphatic rings. The van der Waals surface area contributed by atoms with Gasteiger partial charge in [-0.2, -0.15) is 0 Å². The molecule has 0 atom stereocenters. The number of carbonyl (C=O) groups is 1. The summed E-state index contributed by atoms with van der Waals surface area (Å²) in [4.78, 5) is 26.5. The van der Waals surface area contributed by atoms with Crippen molar-refractivity contribution in [2.24, 2.45) is 7.05 Å². The molecule has 2 heterocycles. The monoisotopic (exact) mass is 389 g/mol. The van der Waals surface area contributed by atoms with E-state index in [1.165, 1.54) is 29.5 Å².